The zero-order valence-electron chi connectivity index (χ0n) is 19.6. The summed E-state index contributed by atoms with van der Waals surface area (Å²) in [6, 6.07) is 24.5. The van der Waals surface area contributed by atoms with E-state index in [-0.39, 0.29) is 0 Å². The van der Waals surface area contributed by atoms with Gasteiger partial charge in [0, 0.05) is 30.2 Å². The highest BCUT2D eigenvalue weighted by atomic mass is 15.1. The molecule has 5 rings (SSSR count). The monoisotopic (exact) mass is 463 g/mol. The molecule has 0 amide bonds. The van der Waals surface area contributed by atoms with Crippen LogP contribution in [0.15, 0.2) is 85.2 Å². The van der Waals surface area contributed by atoms with E-state index in [1.165, 1.54) is 5.56 Å². The molecule has 7 heteroatoms. The first-order valence-electron chi connectivity index (χ1n) is 11.9. The lowest BCUT2D eigenvalue weighted by molar-refractivity contribution is 0.627. The summed E-state index contributed by atoms with van der Waals surface area (Å²) >= 11 is 0. The quantitative estimate of drug-likeness (QED) is 0.277. The van der Waals surface area contributed by atoms with Gasteiger partial charge in [-0.25, -0.2) is 15.0 Å². The predicted molar refractivity (Wildman–Crippen MR) is 142 cm³/mol. The van der Waals surface area contributed by atoms with Gasteiger partial charge in [0.1, 0.15) is 11.3 Å². The molecular formula is C28H29N7. The molecule has 0 saturated heterocycles. The van der Waals surface area contributed by atoms with Gasteiger partial charge in [-0.1, -0.05) is 42.5 Å². The summed E-state index contributed by atoms with van der Waals surface area (Å²) in [5.41, 5.74) is 18.5. The van der Waals surface area contributed by atoms with E-state index in [1.807, 2.05) is 36.5 Å². The van der Waals surface area contributed by atoms with E-state index in [2.05, 4.69) is 57.3 Å². The number of aromatic nitrogens is 4. The van der Waals surface area contributed by atoms with Gasteiger partial charge in [-0.15, -0.1) is 0 Å². The van der Waals surface area contributed by atoms with Crippen LogP contribution in [0.2, 0.25) is 0 Å². The highest BCUT2D eigenvalue weighted by molar-refractivity contribution is 5.85. The van der Waals surface area contributed by atoms with E-state index < -0.39 is 0 Å². The number of nitrogen functional groups attached to an aromatic ring is 1. The molecule has 0 radical (unpaired) electrons. The maximum absolute atomic E-state index is 6.26. The molecule has 7 nitrogen and oxygen atoms in total. The van der Waals surface area contributed by atoms with Crippen LogP contribution < -0.4 is 16.8 Å². The first-order valence-corrected chi connectivity index (χ1v) is 11.9. The standard InChI is InChI=1S/C28H29N7/c29-14-4-5-15-31-18-20-10-12-23(13-11-20)35-27(24-9-6-16-32-26(24)30)34-25-17-22(19-33-28(25)35)21-7-2-1-3-8-21/h1-3,6-13,16-17,19,31H,4-5,14-15,18,29H2,(H2,30,32). The van der Waals surface area contributed by atoms with Gasteiger partial charge in [0.25, 0.3) is 0 Å². The van der Waals surface area contributed by atoms with Crippen LogP contribution in [0.1, 0.15) is 18.4 Å². The van der Waals surface area contributed by atoms with Gasteiger partial charge in [-0.05, 0) is 67.4 Å². The number of imidazole rings is 1. The Morgan fingerprint density at radius 2 is 1.69 bits per heavy atom. The van der Waals surface area contributed by atoms with Gasteiger partial charge < -0.3 is 16.8 Å². The van der Waals surface area contributed by atoms with Crippen LogP contribution in [0.5, 0.6) is 0 Å². The molecule has 35 heavy (non-hydrogen) atoms. The second-order valence-electron chi connectivity index (χ2n) is 8.48. The summed E-state index contributed by atoms with van der Waals surface area (Å²) < 4.78 is 2.05. The van der Waals surface area contributed by atoms with Crippen molar-refractivity contribution in [3.63, 3.8) is 0 Å². The van der Waals surface area contributed by atoms with E-state index >= 15 is 0 Å². The zero-order chi connectivity index (χ0) is 24.0. The van der Waals surface area contributed by atoms with Crippen molar-refractivity contribution in [3.05, 3.63) is 90.8 Å². The van der Waals surface area contributed by atoms with Crippen LogP contribution in [0.4, 0.5) is 5.82 Å². The number of rotatable bonds is 9. The van der Waals surface area contributed by atoms with Crippen molar-refractivity contribution < 1.29 is 0 Å². The van der Waals surface area contributed by atoms with E-state index in [0.717, 1.165) is 71.8 Å². The smallest absolute Gasteiger partial charge is 0.164 e. The average Bonchev–Trinajstić information content (AvgIpc) is 3.28. The maximum Gasteiger partial charge on any atom is 0.164 e. The Morgan fingerprint density at radius 1 is 0.857 bits per heavy atom. The van der Waals surface area contributed by atoms with Crippen molar-refractivity contribution >= 4 is 17.0 Å². The fourth-order valence-corrected chi connectivity index (χ4v) is 4.18. The third-order valence-corrected chi connectivity index (χ3v) is 6.02. The Morgan fingerprint density at radius 3 is 2.46 bits per heavy atom. The first-order chi connectivity index (χ1) is 17.2. The van der Waals surface area contributed by atoms with Crippen LogP contribution in [0.25, 0.3) is 39.4 Å². The second-order valence-corrected chi connectivity index (χ2v) is 8.48. The molecule has 3 aromatic heterocycles. The lowest BCUT2D eigenvalue weighted by Crippen LogP contribution is -2.15. The fraction of sp³-hybridized carbons (Fsp3) is 0.179. The van der Waals surface area contributed by atoms with Crippen LogP contribution in [0, 0.1) is 0 Å². The number of hydrogen-bond donors (Lipinski definition) is 3. The molecule has 0 fully saturated rings. The molecule has 3 heterocycles. The largest absolute Gasteiger partial charge is 0.383 e. The molecule has 0 unspecified atom stereocenters. The van der Waals surface area contributed by atoms with Gasteiger partial charge in [0.05, 0.1) is 5.56 Å². The summed E-state index contributed by atoms with van der Waals surface area (Å²) in [5, 5.41) is 3.47. The van der Waals surface area contributed by atoms with Gasteiger partial charge in [0.2, 0.25) is 0 Å². The summed E-state index contributed by atoms with van der Waals surface area (Å²) in [7, 11) is 0. The number of hydrogen-bond acceptors (Lipinski definition) is 6. The number of fused-ring (bicyclic) bond motifs is 1. The number of nitrogens with zero attached hydrogens (tertiary/aromatic N) is 4. The highest BCUT2D eigenvalue weighted by Gasteiger charge is 2.18. The molecule has 0 spiro atoms. The topological polar surface area (TPSA) is 108 Å². The Kier molecular flexibility index (Phi) is 6.79. The minimum absolute atomic E-state index is 0.436. The number of pyridine rings is 2. The molecule has 176 valence electrons. The zero-order valence-corrected chi connectivity index (χ0v) is 19.6. The number of unbranched alkanes of at least 4 members (excludes halogenated alkanes) is 1. The minimum atomic E-state index is 0.436. The van der Waals surface area contributed by atoms with E-state index in [4.69, 9.17) is 21.4 Å². The number of nitrogens with one attached hydrogen (secondary N) is 1. The van der Waals surface area contributed by atoms with E-state index in [9.17, 15) is 0 Å². The molecule has 0 atom stereocenters. The molecule has 0 aliphatic rings. The maximum atomic E-state index is 6.26. The van der Waals surface area contributed by atoms with Crippen molar-refractivity contribution in [2.75, 3.05) is 18.8 Å². The van der Waals surface area contributed by atoms with Gasteiger partial charge in [-0.2, -0.15) is 0 Å². The molecule has 0 saturated carbocycles. The Hall–Kier alpha value is -4.07. The van der Waals surface area contributed by atoms with E-state index in [1.54, 1.807) is 6.20 Å². The molecule has 5 N–H and O–H groups in total. The highest BCUT2D eigenvalue weighted by Crippen LogP contribution is 2.32. The number of benzene rings is 2. The predicted octanol–water partition coefficient (Wildman–Crippen LogP) is 4.56. The van der Waals surface area contributed by atoms with Crippen molar-refractivity contribution in [3.8, 4) is 28.2 Å². The van der Waals surface area contributed by atoms with E-state index in [0.29, 0.717) is 5.82 Å². The van der Waals surface area contributed by atoms with Gasteiger partial charge in [-0.3, -0.25) is 4.57 Å². The van der Waals surface area contributed by atoms with Crippen LogP contribution >= 0.6 is 0 Å². The lowest BCUT2D eigenvalue weighted by atomic mass is 10.1. The third kappa shape index (κ3) is 4.91. The number of nitrogens with two attached hydrogens (primary N) is 2. The summed E-state index contributed by atoms with van der Waals surface area (Å²) in [6.45, 7) is 2.51. The fourth-order valence-electron chi connectivity index (χ4n) is 4.18. The second kappa shape index (κ2) is 10.5. The van der Waals surface area contributed by atoms with Crippen LogP contribution in [-0.2, 0) is 6.54 Å². The number of anilines is 1. The van der Waals surface area contributed by atoms with Crippen molar-refractivity contribution in [1.82, 2.24) is 24.8 Å². The summed E-state index contributed by atoms with van der Waals surface area (Å²) in [6.07, 6.45) is 5.71. The van der Waals surface area contributed by atoms with Gasteiger partial charge in [0.15, 0.2) is 11.5 Å². The third-order valence-electron chi connectivity index (χ3n) is 6.02. The molecule has 0 aliphatic carbocycles. The normalized spacial score (nSPS) is 11.2. The first kappa shape index (κ1) is 22.7. The Labute approximate surface area is 204 Å². The molecular weight excluding hydrogens is 434 g/mol. The lowest BCUT2D eigenvalue weighted by Gasteiger charge is -2.11. The molecule has 0 bridgehead atoms. The average molecular weight is 464 g/mol. The summed E-state index contributed by atoms with van der Waals surface area (Å²) in [5.74, 6) is 1.15. The Bertz CT molecular complexity index is 1410. The van der Waals surface area contributed by atoms with Crippen molar-refractivity contribution in [2.24, 2.45) is 5.73 Å². The van der Waals surface area contributed by atoms with Crippen LogP contribution in [0.3, 0.4) is 0 Å². The molecule has 5 aromatic rings. The van der Waals surface area contributed by atoms with Crippen LogP contribution in [-0.4, -0.2) is 32.6 Å². The van der Waals surface area contributed by atoms with Crippen molar-refractivity contribution in [2.45, 2.75) is 19.4 Å². The van der Waals surface area contributed by atoms with Crippen molar-refractivity contribution in [1.29, 1.82) is 0 Å². The SMILES string of the molecule is NCCCCNCc1ccc(-n2c(-c3cccnc3N)nc3cc(-c4ccccc4)cnc32)cc1. The Balaban J connectivity index is 1.54. The summed E-state index contributed by atoms with van der Waals surface area (Å²) in [4.78, 5) is 14.1. The molecule has 0 aliphatic heterocycles. The molecule has 2 aromatic carbocycles. The van der Waals surface area contributed by atoms with Gasteiger partial charge >= 0.3 is 0 Å². The minimum Gasteiger partial charge on any atom is -0.383 e.